The smallest absolute Gasteiger partial charge is 0.438 e. The van der Waals surface area contributed by atoms with Crippen LogP contribution in [0.5, 0.6) is 0 Å². The Balaban J connectivity index is 2.53. The fraction of sp³-hybridized carbons (Fsp3) is 0.769. The molecule has 0 radical (unpaired) electrons. The normalized spacial score (nSPS) is 24.1. The summed E-state index contributed by atoms with van der Waals surface area (Å²) in [6, 6.07) is 0. The number of carbonyl (C=O) groups excluding carboxylic acids is 1. The Morgan fingerprint density at radius 3 is 2.37 bits per heavy atom. The molecule has 1 heterocycles. The maximum atomic E-state index is 11.0. The molecule has 19 heavy (non-hydrogen) atoms. The highest BCUT2D eigenvalue weighted by Crippen LogP contribution is 2.37. The average Bonchev–Trinajstić information content (AvgIpc) is 2.29. The molecular formula is C13H24O5Si. The molecular weight excluding hydrogens is 264 g/mol. The predicted octanol–water partition coefficient (Wildman–Crippen LogP) is 3.07. The Labute approximate surface area is 116 Å². The van der Waals surface area contributed by atoms with Crippen molar-refractivity contribution in [1.29, 1.82) is 0 Å². The molecule has 5 nitrogen and oxygen atoms in total. The van der Waals surface area contributed by atoms with E-state index in [0.717, 1.165) is 0 Å². The maximum absolute atomic E-state index is 11.0. The molecule has 0 unspecified atom stereocenters. The second kappa shape index (κ2) is 6.07. The van der Waals surface area contributed by atoms with Gasteiger partial charge in [0.15, 0.2) is 14.6 Å². The van der Waals surface area contributed by atoms with Crippen LogP contribution in [0, 0.1) is 0 Å². The summed E-state index contributed by atoms with van der Waals surface area (Å²) in [5.41, 5.74) is 0. The summed E-state index contributed by atoms with van der Waals surface area (Å²) in [6.45, 7) is 11.1. The lowest BCUT2D eigenvalue weighted by atomic mass is 10.2. The molecule has 0 saturated carbocycles. The van der Waals surface area contributed by atoms with Crippen LogP contribution in [0.1, 0.15) is 20.8 Å². The van der Waals surface area contributed by atoms with Crippen LogP contribution in [0.4, 0.5) is 4.79 Å². The first-order valence-electron chi connectivity index (χ1n) is 6.38. The Kier molecular flexibility index (Phi) is 5.17. The summed E-state index contributed by atoms with van der Waals surface area (Å²) in [6.07, 6.45) is 2.09. The van der Waals surface area contributed by atoms with E-state index < -0.39 is 20.6 Å². The Morgan fingerprint density at radius 1 is 1.32 bits per heavy atom. The molecule has 0 aliphatic carbocycles. The highest BCUT2D eigenvalue weighted by atomic mass is 28.4. The van der Waals surface area contributed by atoms with Gasteiger partial charge in [0.05, 0.1) is 13.7 Å². The van der Waals surface area contributed by atoms with E-state index in [1.807, 2.05) is 0 Å². The minimum atomic E-state index is -1.86. The van der Waals surface area contributed by atoms with Gasteiger partial charge >= 0.3 is 6.16 Å². The molecule has 0 saturated heterocycles. The first-order valence-corrected chi connectivity index (χ1v) is 9.29. The van der Waals surface area contributed by atoms with Gasteiger partial charge in [0.25, 0.3) is 0 Å². The third-order valence-electron chi connectivity index (χ3n) is 3.54. The highest BCUT2D eigenvalue weighted by molar-refractivity contribution is 6.74. The minimum Gasteiger partial charge on any atom is -0.438 e. The third-order valence-corrected chi connectivity index (χ3v) is 7.97. The lowest BCUT2D eigenvalue weighted by Gasteiger charge is -2.39. The second-order valence-electron chi connectivity index (χ2n) is 6.08. The molecule has 1 aliphatic heterocycles. The van der Waals surface area contributed by atoms with Gasteiger partial charge in [-0.2, -0.15) is 0 Å². The summed E-state index contributed by atoms with van der Waals surface area (Å²) in [5.74, 6) is 0. The summed E-state index contributed by atoms with van der Waals surface area (Å²) in [5, 5.41) is 0.129. The van der Waals surface area contributed by atoms with E-state index in [0.29, 0.717) is 0 Å². The number of ether oxygens (including phenoxy) is 3. The maximum Gasteiger partial charge on any atom is 0.508 e. The second-order valence-corrected chi connectivity index (χ2v) is 10.8. The van der Waals surface area contributed by atoms with Crippen LogP contribution < -0.4 is 0 Å². The molecule has 0 aromatic heterocycles. The van der Waals surface area contributed by atoms with Gasteiger partial charge in [-0.15, -0.1) is 0 Å². The van der Waals surface area contributed by atoms with Gasteiger partial charge in [0.1, 0.15) is 6.10 Å². The van der Waals surface area contributed by atoms with Gasteiger partial charge < -0.3 is 18.6 Å². The molecule has 2 atom stereocenters. The third kappa shape index (κ3) is 4.63. The quantitative estimate of drug-likeness (QED) is 0.454. The number of hydrogen-bond acceptors (Lipinski definition) is 5. The molecule has 0 amide bonds. The number of rotatable bonds is 3. The van der Waals surface area contributed by atoms with Crippen LogP contribution in [0.25, 0.3) is 0 Å². The van der Waals surface area contributed by atoms with Crippen molar-refractivity contribution in [2.45, 2.75) is 51.3 Å². The van der Waals surface area contributed by atoms with Gasteiger partial charge in [-0.3, -0.25) is 0 Å². The number of methoxy groups -OCH3 is 1. The minimum absolute atomic E-state index is 0.129. The summed E-state index contributed by atoms with van der Waals surface area (Å²) >= 11 is 0. The zero-order valence-corrected chi connectivity index (χ0v) is 13.6. The molecule has 0 spiro atoms. The molecule has 1 rings (SSSR count). The lowest BCUT2D eigenvalue weighted by Crippen LogP contribution is -2.45. The van der Waals surface area contributed by atoms with Crippen molar-refractivity contribution in [3.63, 3.8) is 0 Å². The van der Waals surface area contributed by atoms with Crippen molar-refractivity contribution in [3.8, 4) is 0 Å². The first-order chi connectivity index (χ1) is 8.65. The largest absolute Gasteiger partial charge is 0.508 e. The Bertz CT molecular complexity index is 345. The van der Waals surface area contributed by atoms with Gasteiger partial charge in [0, 0.05) is 0 Å². The zero-order valence-electron chi connectivity index (χ0n) is 12.6. The van der Waals surface area contributed by atoms with E-state index in [2.05, 4.69) is 38.6 Å². The van der Waals surface area contributed by atoms with Gasteiger partial charge in [-0.05, 0) is 30.3 Å². The van der Waals surface area contributed by atoms with Gasteiger partial charge in [-0.1, -0.05) is 20.8 Å². The predicted molar refractivity (Wildman–Crippen MR) is 74.4 cm³/mol. The topological polar surface area (TPSA) is 54.0 Å². The van der Waals surface area contributed by atoms with Crippen molar-refractivity contribution in [1.82, 2.24) is 0 Å². The van der Waals surface area contributed by atoms with Crippen molar-refractivity contribution >= 4 is 14.5 Å². The van der Waals surface area contributed by atoms with Crippen LogP contribution in [0.2, 0.25) is 18.1 Å². The van der Waals surface area contributed by atoms with E-state index >= 15 is 0 Å². The van der Waals surface area contributed by atoms with Gasteiger partial charge in [0.2, 0.25) is 0 Å². The summed E-state index contributed by atoms with van der Waals surface area (Å²) in [4.78, 5) is 11.0. The van der Waals surface area contributed by atoms with Crippen molar-refractivity contribution in [3.05, 3.63) is 12.2 Å². The standard InChI is InChI=1S/C13H24O5Si/c1-13(2,3)19(5,6)18-11-8-7-10(9-16-11)17-12(14)15-4/h7-8,10-11H,9H2,1-6H3/t10-,11+/m1/s1. The van der Waals surface area contributed by atoms with Crippen LogP contribution in [0.15, 0.2) is 12.2 Å². The molecule has 1 aliphatic rings. The average molecular weight is 288 g/mol. The number of hydrogen-bond donors (Lipinski definition) is 0. The molecule has 6 heteroatoms. The lowest BCUT2D eigenvalue weighted by molar-refractivity contribution is -0.0922. The Hall–Kier alpha value is -0.853. The monoisotopic (exact) mass is 288 g/mol. The van der Waals surface area contributed by atoms with E-state index in [1.165, 1.54) is 7.11 Å². The fourth-order valence-electron chi connectivity index (χ4n) is 1.30. The van der Waals surface area contributed by atoms with E-state index in [-0.39, 0.29) is 17.9 Å². The van der Waals surface area contributed by atoms with E-state index in [4.69, 9.17) is 13.9 Å². The highest BCUT2D eigenvalue weighted by Gasteiger charge is 2.39. The molecule has 0 bridgehead atoms. The molecule has 0 N–H and O–H groups in total. The fourth-order valence-corrected chi connectivity index (χ4v) is 2.38. The van der Waals surface area contributed by atoms with Crippen molar-refractivity contribution in [2.24, 2.45) is 0 Å². The molecule has 0 aromatic carbocycles. The first kappa shape index (κ1) is 16.2. The molecule has 110 valence electrons. The summed E-state index contributed by atoms with van der Waals surface area (Å²) in [7, 11) is -0.585. The van der Waals surface area contributed by atoms with Crippen molar-refractivity contribution < 1.29 is 23.4 Å². The molecule has 0 aromatic rings. The zero-order chi connectivity index (χ0) is 14.7. The van der Waals surface area contributed by atoms with Crippen LogP contribution in [0.3, 0.4) is 0 Å². The summed E-state index contributed by atoms with van der Waals surface area (Å²) < 4.78 is 21.0. The van der Waals surface area contributed by atoms with Gasteiger partial charge in [-0.25, -0.2) is 4.79 Å². The number of carbonyl (C=O) groups is 1. The van der Waals surface area contributed by atoms with E-state index in [1.54, 1.807) is 12.2 Å². The Morgan fingerprint density at radius 2 is 1.95 bits per heavy atom. The van der Waals surface area contributed by atoms with Crippen LogP contribution in [-0.2, 0) is 18.6 Å². The SMILES string of the molecule is COC(=O)O[C@@H]1C=C[C@H](O[Si](C)(C)C(C)(C)C)OC1. The van der Waals surface area contributed by atoms with E-state index in [9.17, 15) is 4.79 Å². The van der Waals surface area contributed by atoms with Crippen molar-refractivity contribution in [2.75, 3.05) is 13.7 Å². The molecule has 0 fully saturated rings. The van der Waals surface area contributed by atoms with Crippen LogP contribution in [-0.4, -0.2) is 40.6 Å². The van der Waals surface area contributed by atoms with Crippen LogP contribution >= 0.6 is 0 Å².